The minimum absolute atomic E-state index is 0.0485. The van der Waals surface area contributed by atoms with E-state index in [9.17, 15) is 22.8 Å². The van der Waals surface area contributed by atoms with Gasteiger partial charge in [-0.25, -0.2) is 4.68 Å². The second-order valence-electron chi connectivity index (χ2n) is 7.28. The Morgan fingerprint density at radius 3 is 2.70 bits per heavy atom. The van der Waals surface area contributed by atoms with Crippen molar-refractivity contribution < 1.29 is 27.5 Å². The van der Waals surface area contributed by atoms with Crippen LogP contribution < -0.4 is 10.1 Å². The first-order valence-electron chi connectivity index (χ1n) is 9.75. The van der Waals surface area contributed by atoms with Gasteiger partial charge in [0.2, 0.25) is 5.91 Å². The number of rotatable bonds is 4. The molecule has 1 aliphatic rings. The first-order chi connectivity index (χ1) is 15.6. The average Bonchev–Trinajstić information content (AvgIpc) is 3.17. The molecule has 0 unspecified atom stereocenters. The molecule has 0 bridgehead atoms. The molecule has 2 amide bonds. The van der Waals surface area contributed by atoms with Gasteiger partial charge in [0, 0.05) is 35.0 Å². The third kappa shape index (κ3) is 5.33. The Morgan fingerprint density at radius 1 is 1.21 bits per heavy atom. The Balaban J connectivity index is 1.81. The predicted octanol–water partition coefficient (Wildman–Crippen LogP) is 3.48. The van der Waals surface area contributed by atoms with Crippen LogP contribution in [0.3, 0.4) is 0 Å². The van der Waals surface area contributed by atoms with Crippen LogP contribution in [-0.2, 0) is 4.79 Å². The van der Waals surface area contributed by atoms with E-state index in [-0.39, 0.29) is 18.1 Å². The number of aromatic nitrogens is 3. The Kier molecular flexibility index (Phi) is 6.11. The molecule has 0 spiro atoms. The third-order valence-electron chi connectivity index (χ3n) is 4.78. The van der Waals surface area contributed by atoms with Crippen molar-refractivity contribution in [3.05, 3.63) is 58.5 Å². The summed E-state index contributed by atoms with van der Waals surface area (Å²) in [4.78, 5) is 30.3. The van der Waals surface area contributed by atoms with Crippen LogP contribution in [0, 0.1) is 6.92 Å². The number of alkyl halides is 3. The van der Waals surface area contributed by atoms with Gasteiger partial charge in [-0.3, -0.25) is 14.6 Å². The molecule has 172 valence electrons. The van der Waals surface area contributed by atoms with E-state index in [0.717, 1.165) is 0 Å². The van der Waals surface area contributed by atoms with E-state index >= 15 is 0 Å². The number of pyridine rings is 1. The van der Waals surface area contributed by atoms with Crippen molar-refractivity contribution in [3.63, 3.8) is 0 Å². The molecule has 33 heavy (non-hydrogen) atoms. The molecule has 1 N–H and O–H groups in total. The molecule has 2 aromatic heterocycles. The van der Waals surface area contributed by atoms with Crippen LogP contribution in [-0.4, -0.2) is 57.5 Å². The van der Waals surface area contributed by atoms with E-state index in [1.165, 1.54) is 27.8 Å². The van der Waals surface area contributed by atoms with Gasteiger partial charge in [0.25, 0.3) is 5.91 Å². The lowest BCUT2D eigenvalue weighted by atomic mass is 10.1. The Bertz CT molecular complexity index is 1230. The Morgan fingerprint density at radius 2 is 2.00 bits per heavy atom. The predicted molar refractivity (Wildman–Crippen MR) is 115 cm³/mol. The number of halogens is 4. The van der Waals surface area contributed by atoms with E-state index in [1.807, 2.05) is 0 Å². The van der Waals surface area contributed by atoms with Gasteiger partial charge in [-0.1, -0.05) is 15.9 Å². The lowest BCUT2D eigenvalue weighted by Crippen LogP contribution is -2.50. The van der Waals surface area contributed by atoms with Crippen molar-refractivity contribution in [2.75, 3.05) is 19.6 Å². The molecule has 3 heterocycles. The molecule has 0 saturated carbocycles. The van der Waals surface area contributed by atoms with Crippen molar-refractivity contribution in [1.29, 1.82) is 0 Å². The van der Waals surface area contributed by atoms with Gasteiger partial charge in [0.1, 0.15) is 5.75 Å². The van der Waals surface area contributed by atoms with E-state index in [0.29, 0.717) is 40.2 Å². The van der Waals surface area contributed by atoms with Gasteiger partial charge in [0.05, 0.1) is 17.9 Å². The number of aryl methyl sites for hydroxylation is 1. The van der Waals surface area contributed by atoms with E-state index in [1.54, 1.807) is 31.3 Å². The smallest absolute Gasteiger partial charge is 0.406 e. The lowest BCUT2D eigenvalue weighted by Gasteiger charge is -2.25. The molecule has 1 aromatic carbocycles. The third-order valence-corrected chi connectivity index (χ3v) is 5.24. The van der Waals surface area contributed by atoms with Gasteiger partial charge in [-0.05, 0) is 43.3 Å². The second kappa shape index (κ2) is 8.85. The summed E-state index contributed by atoms with van der Waals surface area (Å²) in [5.74, 6) is -1.16. The summed E-state index contributed by atoms with van der Waals surface area (Å²) in [6.07, 6.45) is -3.30. The zero-order valence-corrected chi connectivity index (χ0v) is 18.8. The molecule has 1 fully saturated rings. The summed E-state index contributed by atoms with van der Waals surface area (Å²) in [6, 6.07) is 8.85. The zero-order chi connectivity index (χ0) is 23.8. The highest BCUT2D eigenvalue weighted by atomic mass is 79.9. The summed E-state index contributed by atoms with van der Waals surface area (Å²) in [5.41, 5.74) is 1.99. The molecular formula is C21H17BrF3N5O3. The second-order valence-corrected chi connectivity index (χ2v) is 8.20. The Hall–Kier alpha value is -3.41. The summed E-state index contributed by atoms with van der Waals surface area (Å²) >= 11 is 3.21. The standard InChI is InChI=1S/C21H17BrF3N5O3/c1-12-6-15(2-3-26-12)30-18(13-7-14(22)9-16(8-13)33-21(23,24)25)10-17(28-30)20(32)29-5-4-27-19(31)11-29/h2-3,6-10H,4-5,11H2,1H3,(H,27,31). The normalized spacial score (nSPS) is 14.2. The van der Waals surface area contributed by atoms with Crippen LogP contribution in [0.1, 0.15) is 16.2 Å². The number of amides is 2. The van der Waals surface area contributed by atoms with Crippen molar-refractivity contribution in [2.45, 2.75) is 13.3 Å². The lowest BCUT2D eigenvalue weighted by molar-refractivity contribution is -0.274. The average molecular weight is 524 g/mol. The van der Waals surface area contributed by atoms with Gasteiger partial charge >= 0.3 is 6.36 Å². The topological polar surface area (TPSA) is 89.4 Å². The van der Waals surface area contributed by atoms with Crippen LogP contribution >= 0.6 is 15.9 Å². The number of nitrogens with one attached hydrogen (secondary N) is 1. The summed E-state index contributed by atoms with van der Waals surface area (Å²) in [6.45, 7) is 2.32. The first kappa shape index (κ1) is 22.8. The van der Waals surface area contributed by atoms with Crippen LogP contribution in [0.2, 0.25) is 0 Å². The number of nitrogens with zero attached hydrogens (tertiary/aromatic N) is 4. The van der Waals surface area contributed by atoms with Crippen LogP contribution in [0.25, 0.3) is 16.9 Å². The van der Waals surface area contributed by atoms with Gasteiger partial charge in [-0.2, -0.15) is 5.10 Å². The molecule has 0 aliphatic carbocycles. The highest BCUT2D eigenvalue weighted by molar-refractivity contribution is 9.10. The molecule has 0 atom stereocenters. The van der Waals surface area contributed by atoms with E-state index in [4.69, 9.17) is 0 Å². The SMILES string of the molecule is Cc1cc(-n2nc(C(=O)N3CCNC(=O)C3)cc2-c2cc(Br)cc(OC(F)(F)F)c2)ccn1. The van der Waals surface area contributed by atoms with Gasteiger partial charge in [-0.15, -0.1) is 13.2 Å². The zero-order valence-electron chi connectivity index (χ0n) is 17.2. The molecule has 0 radical (unpaired) electrons. The highest BCUT2D eigenvalue weighted by Gasteiger charge is 2.32. The maximum absolute atomic E-state index is 13.0. The van der Waals surface area contributed by atoms with Crippen molar-refractivity contribution >= 4 is 27.7 Å². The fourth-order valence-corrected chi connectivity index (χ4v) is 3.90. The molecule has 12 heteroatoms. The highest BCUT2D eigenvalue weighted by Crippen LogP contribution is 2.33. The molecule has 1 saturated heterocycles. The van der Waals surface area contributed by atoms with E-state index < -0.39 is 18.0 Å². The number of piperazine rings is 1. The van der Waals surface area contributed by atoms with Crippen LogP contribution in [0.15, 0.2) is 47.1 Å². The minimum atomic E-state index is -4.86. The summed E-state index contributed by atoms with van der Waals surface area (Å²) in [5, 5.41) is 7.07. The number of hydrogen-bond donors (Lipinski definition) is 1. The number of carbonyl (C=O) groups is 2. The van der Waals surface area contributed by atoms with E-state index in [2.05, 4.69) is 36.1 Å². The maximum Gasteiger partial charge on any atom is 0.573 e. The number of benzene rings is 1. The van der Waals surface area contributed by atoms with Gasteiger partial charge in [0.15, 0.2) is 5.69 Å². The fourth-order valence-electron chi connectivity index (χ4n) is 3.43. The summed E-state index contributed by atoms with van der Waals surface area (Å²) in [7, 11) is 0. The number of ether oxygens (including phenoxy) is 1. The quantitative estimate of drug-likeness (QED) is 0.565. The van der Waals surface area contributed by atoms with Crippen molar-refractivity contribution in [3.8, 4) is 22.7 Å². The molecular weight excluding hydrogens is 507 g/mol. The fraction of sp³-hybridized carbons (Fsp3) is 0.238. The van der Waals surface area contributed by atoms with Crippen molar-refractivity contribution in [2.24, 2.45) is 0 Å². The summed E-state index contributed by atoms with van der Waals surface area (Å²) < 4.78 is 44.3. The van der Waals surface area contributed by atoms with Gasteiger partial charge < -0.3 is 15.0 Å². The molecule has 1 aliphatic heterocycles. The van der Waals surface area contributed by atoms with Crippen LogP contribution in [0.5, 0.6) is 5.75 Å². The Labute approximate surface area is 194 Å². The van der Waals surface area contributed by atoms with Crippen molar-refractivity contribution in [1.82, 2.24) is 25.0 Å². The monoisotopic (exact) mass is 523 g/mol. The number of hydrogen-bond acceptors (Lipinski definition) is 5. The first-order valence-corrected chi connectivity index (χ1v) is 10.5. The molecule has 8 nitrogen and oxygen atoms in total. The molecule has 4 rings (SSSR count). The minimum Gasteiger partial charge on any atom is -0.406 e. The largest absolute Gasteiger partial charge is 0.573 e. The number of carbonyl (C=O) groups excluding carboxylic acids is 2. The van der Waals surface area contributed by atoms with Crippen LogP contribution in [0.4, 0.5) is 13.2 Å². The molecule has 3 aromatic rings. The maximum atomic E-state index is 13.0.